The van der Waals surface area contributed by atoms with Gasteiger partial charge in [0.15, 0.2) is 0 Å². The van der Waals surface area contributed by atoms with E-state index in [0.29, 0.717) is 6.54 Å². The van der Waals surface area contributed by atoms with Gasteiger partial charge >= 0.3 is 5.97 Å². The molecule has 70 valence electrons. The molecule has 0 aromatic heterocycles. The van der Waals surface area contributed by atoms with Gasteiger partial charge in [0.1, 0.15) is 0 Å². The van der Waals surface area contributed by atoms with E-state index in [-0.39, 0.29) is 0 Å². The van der Waals surface area contributed by atoms with Crippen molar-refractivity contribution >= 4 is 5.97 Å². The van der Waals surface area contributed by atoms with Crippen LogP contribution in [0.3, 0.4) is 0 Å². The van der Waals surface area contributed by atoms with Crippen LogP contribution >= 0.6 is 0 Å². The van der Waals surface area contributed by atoms with E-state index < -0.39 is 11.4 Å². The Kier molecular flexibility index (Phi) is 3.09. The van der Waals surface area contributed by atoms with Crippen molar-refractivity contribution < 1.29 is 9.90 Å². The van der Waals surface area contributed by atoms with Gasteiger partial charge in [0.2, 0.25) is 0 Å². The summed E-state index contributed by atoms with van der Waals surface area (Å²) in [6, 6.07) is 0. The van der Waals surface area contributed by atoms with E-state index in [9.17, 15) is 4.79 Å². The highest BCUT2D eigenvalue weighted by molar-refractivity contribution is 5.75. The summed E-state index contributed by atoms with van der Waals surface area (Å²) in [6.45, 7) is 3.66. The van der Waals surface area contributed by atoms with Crippen molar-refractivity contribution in [1.82, 2.24) is 5.32 Å². The van der Waals surface area contributed by atoms with Crippen LogP contribution in [-0.2, 0) is 4.79 Å². The number of hydrogen-bond acceptors (Lipinski definition) is 2. The fourth-order valence-corrected chi connectivity index (χ4v) is 1.95. The zero-order chi connectivity index (χ0) is 9.03. The minimum atomic E-state index is -0.628. The summed E-state index contributed by atoms with van der Waals surface area (Å²) < 4.78 is 0. The summed E-state index contributed by atoms with van der Waals surface area (Å²) in [6.07, 6.45) is 3.58. The van der Waals surface area contributed by atoms with Crippen LogP contribution in [0.25, 0.3) is 0 Å². The number of aliphatic carboxylic acids is 1. The Morgan fingerprint density at radius 2 is 2.42 bits per heavy atom. The molecule has 0 aromatic rings. The summed E-state index contributed by atoms with van der Waals surface area (Å²) in [5.41, 5.74) is -0.465. The van der Waals surface area contributed by atoms with Crippen molar-refractivity contribution in [2.75, 3.05) is 13.1 Å². The number of hydrogen-bond donors (Lipinski definition) is 2. The van der Waals surface area contributed by atoms with Crippen LogP contribution in [-0.4, -0.2) is 24.2 Å². The van der Waals surface area contributed by atoms with Gasteiger partial charge in [0.05, 0.1) is 5.41 Å². The average Bonchev–Trinajstić information content (AvgIpc) is 2.06. The molecule has 1 aliphatic rings. The molecular weight excluding hydrogens is 154 g/mol. The van der Waals surface area contributed by atoms with Crippen LogP contribution < -0.4 is 5.32 Å². The molecule has 0 saturated carbocycles. The van der Waals surface area contributed by atoms with Crippen LogP contribution in [0.4, 0.5) is 0 Å². The molecule has 1 heterocycles. The lowest BCUT2D eigenvalue weighted by Crippen LogP contribution is -2.45. The SMILES string of the molecule is CCCC1(C(=O)O)CCCNC1. The van der Waals surface area contributed by atoms with Crippen LogP contribution in [0, 0.1) is 5.41 Å². The van der Waals surface area contributed by atoms with E-state index in [0.717, 1.165) is 32.2 Å². The van der Waals surface area contributed by atoms with Gasteiger partial charge in [0.25, 0.3) is 0 Å². The summed E-state index contributed by atoms with van der Waals surface area (Å²) in [4.78, 5) is 11.0. The Balaban J connectivity index is 2.63. The van der Waals surface area contributed by atoms with Gasteiger partial charge in [-0.1, -0.05) is 13.3 Å². The second-order valence-electron chi connectivity index (χ2n) is 3.62. The van der Waals surface area contributed by atoms with Crippen molar-refractivity contribution in [3.8, 4) is 0 Å². The number of carboxylic acid groups (broad SMARTS) is 1. The Morgan fingerprint density at radius 1 is 1.67 bits per heavy atom. The standard InChI is InChI=1S/C9H17NO2/c1-2-4-9(8(11)12)5-3-6-10-7-9/h10H,2-7H2,1H3,(H,11,12). The fraction of sp³-hybridized carbons (Fsp3) is 0.889. The molecule has 1 rings (SSSR count). The molecule has 12 heavy (non-hydrogen) atoms. The normalized spacial score (nSPS) is 30.1. The molecule has 1 aliphatic heterocycles. The molecule has 0 aromatic carbocycles. The van der Waals surface area contributed by atoms with E-state index in [1.807, 2.05) is 6.92 Å². The van der Waals surface area contributed by atoms with Crippen LogP contribution in [0.2, 0.25) is 0 Å². The zero-order valence-corrected chi connectivity index (χ0v) is 7.60. The highest BCUT2D eigenvalue weighted by Crippen LogP contribution is 2.31. The summed E-state index contributed by atoms with van der Waals surface area (Å²) in [5.74, 6) is -0.628. The Labute approximate surface area is 73.2 Å². The van der Waals surface area contributed by atoms with Crippen molar-refractivity contribution in [3.63, 3.8) is 0 Å². The first-order chi connectivity index (χ1) is 5.71. The molecule has 0 bridgehead atoms. The fourth-order valence-electron chi connectivity index (χ4n) is 1.95. The van der Waals surface area contributed by atoms with Gasteiger partial charge in [-0.3, -0.25) is 4.79 Å². The number of rotatable bonds is 3. The predicted octanol–water partition coefficient (Wildman–Crippen LogP) is 1.24. The minimum absolute atomic E-state index is 0.465. The van der Waals surface area contributed by atoms with E-state index in [2.05, 4.69) is 5.32 Å². The lowest BCUT2D eigenvalue weighted by molar-refractivity contribution is -0.150. The smallest absolute Gasteiger partial charge is 0.310 e. The Bertz CT molecular complexity index is 156. The maximum Gasteiger partial charge on any atom is 0.310 e. The third-order valence-corrected chi connectivity index (χ3v) is 2.65. The van der Waals surface area contributed by atoms with Gasteiger partial charge < -0.3 is 10.4 Å². The summed E-state index contributed by atoms with van der Waals surface area (Å²) >= 11 is 0. The average molecular weight is 171 g/mol. The summed E-state index contributed by atoms with van der Waals surface area (Å²) in [7, 11) is 0. The third kappa shape index (κ3) is 1.78. The van der Waals surface area contributed by atoms with Crippen LogP contribution in [0.15, 0.2) is 0 Å². The number of carboxylic acids is 1. The van der Waals surface area contributed by atoms with Crippen LogP contribution in [0.1, 0.15) is 32.6 Å². The number of nitrogens with one attached hydrogen (secondary N) is 1. The first-order valence-electron chi connectivity index (χ1n) is 4.65. The molecule has 0 aliphatic carbocycles. The maximum absolute atomic E-state index is 11.0. The van der Waals surface area contributed by atoms with Crippen molar-refractivity contribution in [1.29, 1.82) is 0 Å². The molecule has 2 N–H and O–H groups in total. The number of carbonyl (C=O) groups is 1. The molecular formula is C9H17NO2. The largest absolute Gasteiger partial charge is 0.481 e. The van der Waals surface area contributed by atoms with Gasteiger partial charge in [-0.2, -0.15) is 0 Å². The second kappa shape index (κ2) is 3.90. The molecule has 1 atom stereocenters. The first-order valence-corrected chi connectivity index (χ1v) is 4.65. The molecule has 0 amide bonds. The zero-order valence-electron chi connectivity index (χ0n) is 7.60. The monoisotopic (exact) mass is 171 g/mol. The van der Waals surface area contributed by atoms with Gasteiger partial charge in [-0.05, 0) is 25.8 Å². The van der Waals surface area contributed by atoms with Crippen molar-refractivity contribution in [2.24, 2.45) is 5.41 Å². The Morgan fingerprint density at radius 3 is 2.83 bits per heavy atom. The molecule has 1 unspecified atom stereocenters. The quantitative estimate of drug-likeness (QED) is 0.671. The van der Waals surface area contributed by atoms with E-state index in [1.54, 1.807) is 0 Å². The second-order valence-corrected chi connectivity index (χ2v) is 3.62. The summed E-state index contributed by atoms with van der Waals surface area (Å²) in [5, 5.41) is 12.2. The van der Waals surface area contributed by atoms with Gasteiger partial charge in [-0.15, -0.1) is 0 Å². The predicted molar refractivity (Wildman–Crippen MR) is 47.1 cm³/mol. The van der Waals surface area contributed by atoms with Crippen molar-refractivity contribution in [2.45, 2.75) is 32.6 Å². The maximum atomic E-state index is 11.0. The number of piperidine rings is 1. The van der Waals surface area contributed by atoms with E-state index in [4.69, 9.17) is 5.11 Å². The van der Waals surface area contributed by atoms with Gasteiger partial charge in [0, 0.05) is 6.54 Å². The molecule has 3 heteroatoms. The lowest BCUT2D eigenvalue weighted by Gasteiger charge is -2.33. The first kappa shape index (κ1) is 9.52. The van der Waals surface area contributed by atoms with E-state index >= 15 is 0 Å². The molecule has 1 saturated heterocycles. The highest BCUT2D eigenvalue weighted by Gasteiger charge is 2.38. The highest BCUT2D eigenvalue weighted by atomic mass is 16.4. The molecule has 0 radical (unpaired) electrons. The lowest BCUT2D eigenvalue weighted by atomic mass is 9.77. The topological polar surface area (TPSA) is 49.3 Å². The van der Waals surface area contributed by atoms with Gasteiger partial charge in [-0.25, -0.2) is 0 Å². The van der Waals surface area contributed by atoms with Crippen molar-refractivity contribution in [3.05, 3.63) is 0 Å². The minimum Gasteiger partial charge on any atom is -0.481 e. The Hall–Kier alpha value is -0.570. The third-order valence-electron chi connectivity index (χ3n) is 2.65. The molecule has 3 nitrogen and oxygen atoms in total. The van der Waals surface area contributed by atoms with Crippen LogP contribution in [0.5, 0.6) is 0 Å². The molecule has 0 spiro atoms. The van der Waals surface area contributed by atoms with E-state index in [1.165, 1.54) is 0 Å². The molecule has 1 fully saturated rings.